The summed E-state index contributed by atoms with van der Waals surface area (Å²) in [6, 6.07) is 5.78. The predicted octanol–water partition coefficient (Wildman–Crippen LogP) is 2.06. The van der Waals surface area contributed by atoms with Crippen molar-refractivity contribution in [1.82, 2.24) is 0 Å². The number of fused-ring (bicyclic) bond motifs is 1. The molecule has 2 rings (SSSR count). The van der Waals surface area contributed by atoms with E-state index < -0.39 is 5.60 Å². The third-order valence-corrected chi connectivity index (χ3v) is 3.12. The number of carbonyl (C=O) groups excluding carboxylic acids is 1. The highest BCUT2D eigenvalue weighted by Crippen LogP contribution is 2.38. The number of nitrogens with zero attached hydrogens (tertiary/aromatic N) is 1. The van der Waals surface area contributed by atoms with Crippen molar-refractivity contribution in [3.8, 4) is 5.75 Å². The standard InChI is InChI=1S/C14H20N2O2/c1-4-7-16-11-8-10(9-15)5-6-12(11)18-14(2,3)13(16)17/h5-6,8H,4,7,9,15H2,1-3H3. The van der Waals surface area contributed by atoms with Crippen LogP contribution in [0.3, 0.4) is 0 Å². The number of anilines is 1. The molecule has 4 nitrogen and oxygen atoms in total. The summed E-state index contributed by atoms with van der Waals surface area (Å²) in [7, 11) is 0. The van der Waals surface area contributed by atoms with E-state index in [4.69, 9.17) is 10.5 Å². The second-order valence-electron chi connectivity index (χ2n) is 5.08. The molecule has 4 heteroatoms. The fourth-order valence-corrected chi connectivity index (χ4v) is 2.19. The molecule has 0 aromatic heterocycles. The van der Waals surface area contributed by atoms with Gasteiger partial charge in [-0.25, -0.2) is 0 Å². The molecule has 1 aliphatic rings. The van der Waals surface area contributed by atoms with E-state index >= 15 is 0 Å². The summed E-state index contributed by atoms with van der Waals surface area (Å²) in [5, 5.41) is 0. The minimum Gasteiger partial charge on any atom is -0.476 e. The van der Waals surface area contributed by atoms with Crippen LogP contribution in [0.15, 0.2) is 18.2 Å². The van der Waals surface area contributed by atoms with Crippen LogP contribution < -0.4 is 15.4 Å². The number of nitrogens with two attached hydrogens (primary N) is 1. The molecular weight excluding hydrogens is 228 g/mol. The molecule has 0 atom stereocenters. The average Bonchev–Trinajstić information content (AvgIpc) is 2.34. The fourth-order valence-electron chi connectivity index (χ4n) is 2.19. The van der Waals surface area contributed by atoms with Gasteiger partial charge in [0.05, 0.1) is 5.69 Å². The van der Waals surface area contributed by atoms with Gasteiger partial charge in [0.15, 0.2) is 5.60 Å². The quantitative estimate of drug-likeness (QED) is 0.890. The second kappa shape index (κ2) is 4.61. The molecule has 1 aliphatic heterocycles. The van der Waals surface area contributed by atoms with Crippen molar-refractivity contribution < 1.29 is 9.53 Å². The van der Waals surface area contributed by atoms with Gasteiger partial charge in [0.25, 0.3) is 5.91 Å². The molecule has 0 aliphatic carbocycles. The van der Waals surface area contributed by atoms with Crippen LogP contribution in [0.2, 0.25) is 0 Å². The first kappa shape index (κ1) is 12.9. The third-order valence-electron chi connectivity index (χ3n) is 3.12. The Balaban J connectivity index is 2.49. The van der Waals surface area contributed by atoms with Gasteiger partial charge in [0, 0.05) is 13.1 Å². The van der Waals surface area contributed by atoms with Gasteiger partial charge in [-0.1, -0.05) is 13.0 Å². The van der Waals surface area contributed by atoms with Gasteiger partial charge in [-0.05, 0) is 38.0 Å². The first-order chi connectivity index (χ1) is 8.49. The summed E-state index contributed by atoms with van der Waals surface area (Å²) < 4.78 is 5.78. The third kappa shape index (κ3) is 2.08. The molecule has 1 amide bonds. The van der Waals surface area contributed by atoms with Crippen LogP contribution in [-0.4, -0.2) is 18.1 Å². The van der Waals surface area contributed by atoms with Gasteiger partial charge in [-0.15, -0.1) is 0 Å². The first-order valence-corrected chi connectivity index (χ1v) is 6.33. The Morgan fingerprint density at radius 1 is 1.39 bits per heavy atom. The van der Waals surface area contributed by atoms with Crippen molar-refractivity contribution >= 4 is 11.6 Å². The summed E-state index contributed by atoms with van der Waals surface area (Å²) in [4.78, 5) is 14.2. The van der Waals surface area contributed by atoms with Crippen LogP contribution in [0, 0.1) is 0 Å². The number of amides is 1. The molecular formula is C14H20N2O2. The van der Waals surface area contributed by atoms with Crippen LogP contribution in [0.5, 0.6) is 5.75 Å². The number of carbonyl (C=O) groups is 1. The van der Waals surface area contributed by atoms with E-state index in [9.17, 15) is 4.79 Å². The topological polar surface area (TPSA) is 55.6 Å². The molecule has 0 saturated heterocycles. The molecule has 0 spiro atoms. The molecule has 98 valence electrons. The lowest BCUT2D eigenvalue weighted by molar-refractivity contribution is -0.132. The van der Waals surface area contributed by atoms with Crippen LogP contribution in [0.1, 0.15) is 32.8 Å². The van der Waals surface area contributed by atoms with Crippen LogP contribution in [0.4, 0.5) is 5.69 Å². The maximum absolute atomic E-state index is 12.4. The van der Waals surface area contributed by atoms with Gasteiger partial charge in [-0.3, -0.25) is 4.79 Å². The van der Waals surface area contributed by atoms with Crippen molar-refractivity contribution in [2.75, 3.05) is 11.4 Å². The van der Waals surface area contributed by atoms with Crippen LogP contribution in [-0.2, 0) is 11.3 Å². The summed E-state index contributed by atoms with van der Waals surface area (Å²) >= 11 is 0. The molecule has 18 heavy (non-hydrogen) atoms. The van der Waals surface area contributed by atoms with Gasteiger partial charge in [-0.2, -0.15) is 0 Å². The lowest BCUT2D eigenvalue weighted by Crippen LogP contribution is -2.52. The van der Waals surface area contributed by atoms with Crippen molar-refractivity contribution in [3.05, 3.63) is 23.8 Å². The second-order valence-corrected chi connectivity index (χ2v) is 5.08. The number of ether oxygens (including phenoxy) is 1. The zero-order chi connectivity index (χ0) is 13.3. The lowest BCUT2D eigenvalue weighted by atomic mass is 10.0. The molecule has 0 unspecified atom stereocenters. The summed E-state index contributed by atoms with van der Waals surface area (Å²) in [6.07, 6.45) is 0.911. The van der Waals surface area contributed by atoms with Crippen molar-refractivity contribution in [1.29, 1.82) is 0 Å². The Hall–Kier alpha value is -1.55. The van der Waals surface area contributed by atoms with Gasteiger partial charge in [0.1, 0.15) is 5.75 Å². The molecule has 0 saturated carbocycles. The van der Waals surface area contributed by atoms with Crippen molar-refractivity contribution in [2.45, 2.75) is 39.3 Å². The molecule has 2 N–H and O–H groups in total. The normalized spacial score (nSPS) is 17.3. The molecule has 0 radical (unpaired) electrons. The lowest BCUT2D eigenvalue weighted by Gasteiger charge is -2.39. The number of hydrogen-bond donors (Lipinski definition) is 1. The van der Waals surface area contributed by atoms with Crippen LogP contribution >= 0.6 is 0 Å². The predicted molar refractivity (Wildman–Crippen MR) is 71.7 cm³/mol. The summed E-state index contributed by atoms with van der Waals surface area (Å²) in [5.41, 5.74) is 6.69. The maximum atomic E-state index is 12.4. The summed E-state index contributed by atoms with van der Waals surface area (Å²) in [6.45, 7) is 6.83. The van der Waals surface area contributed by atoms with Gasteiger partial charge in [0.2, 0.25) is 0 Å². The van der Waals surface area contributed by atoms with Crippen LogP contribution in [0.25, 0.3) is 0 Å². The van der Waals surface area contributed by atoms with Gasteiger partial charge < -0.3 is 15.4 Å². The highest BCUT2D eigenvalue weighted by molar-refractivity contribution is 6.02. The zero-order valence-corrected chi connectivity index (χ0v) is 11.2. The number of benzene rings is 1. The maximum Gasteiger partial charge on any atom is 0.270 e. The SMILES string of the molecule is CCCN1C(=O)C(C)(C)Oc2ccc(CN)cc21. The Morgan fingerprint density at radius 2 is 2.11 bits per heavy atom. The monoisotopic (exact) mass is 248 g/mol. The van der Waals surface area contributed by atoms with E-state index in [-0.39, 0.29) is 5.91 Å². The Kier molecular flexibility index (Phi) is 3.30. The zero-order valence-electron chi connectivity index (χ0n) is 11.2. The minimum absolute atomic E-state index is 0.00558. The fraction of sp³-hybridized carbons (Fsp3) is 0.500. The average molecular weight is 248 g/mol. The van der Waals surface area contributed by atoms with Crippen molar-refractivity contribution in [2.24, 2.45) is 5.73 Å². The highest BCUT2D eigenvalue weighted by Gasteiger charge is 2.40. The number of rotatable bonds is 3. The molecule has 1 heterocycles. The van der Waals surface area contributed by atoms with Crippen molar-refractivity contribution in [3.63, 3.8) is 0 Å². The largest absolute Gasteiger partial charge is 0.476 e. The van der Waals surface area contributed by atoms with E-state index in [2.05, 4.69) is 6.92 Å². The van der Waals surface area contributed by atoms with E-state index in [0.29, 0.717) is 13.1 Å². The minimum atomic E-state index is -0.799. The molecule has 1 aromatic rings. The Labute approximate surface area is 108 Å². The van der Waals surface area contributed by atoms with E-state index in [0.717, 1.165) is 23.4 Å². The van der Waals surface area contributed by atoms with Gasteiger partial charge >= 0.3 is 0 Å². The Bertz CT molecular complexity index is 469. The number of hydrogen-bond acceptors (Lipinski definition) is 3. The molecule has 0 fully saturated rings. The smallest absolute Gasteiger partial charge is 0.270 e. The van der Waals surface area contributed by atoms with E-state index in [1.54, 1.807) is 18.7 Å². The Morgan fingerprint density at radius 3 is 2.72 bits per heavy atom. The first-order valence-electron chi connectivity index (χ1n) is 6.33. The molecule has 1 aromatic carbocycles. The highest BCUT2D eigenvalue weighted by atomic mass is 16.5. The summed E-state index contributed by atoms with van der Waals surface area (Å²) in [5.74, 6) is 0.760. The molecule has 0 bridgehead atoms. The van der Waals surface area contributed by atoms with E-state index in [1.165, 1.54) is 0 Å². The van der Waals surface area contributed by atoms with E-state index in [1.807, 2.05) is 18.2 Å².